The highest BCUT2D eigenvalue weighted by molar-refractivity contribution is 5.95. The van der Waals surface area contributed by atoms with Crippen LogP contribution in [-0.4, -0.2) is 23.9 Å². The van der Waals surface area contributed by atoms with E-state index in [1.54, 1.807) is 0 Å². The largest absolute Gasteiger partial charge is 0.351 e. The highest BCUT2D eigenvalue weighted by Crippen LogP contribution is 2.32. The van der Waals surface area contributed by atoms with E-state index < -0.39 is 0 Å². The number of carbonyl (C=O) groups is 2. The minimum absolute atomic E-state index is 0.0270. The van der Waals surface area contributed by atoms with Crippen molar-refractivity contribution in [2.75, 3.05) is 11.4 Å². The fraction of sp³-hybridized carbons (Fsp3) is 0.619. The van der Waals surface area contributed by atoms with Gasteiger partial charge in [-0.1, -0.05) is 12.1 Å². The lowest BCUT2D eigenvalue weighted by Crippen LogP contribution is -2.45. The van der Waals surface area contributed by atoms with E-state index in [9.17, 15) is 9.59 Å². The van der Waals surface area contributed by atoms with Crippen LogP contribution in [0.3, 0.4) is 0 Å². The standard InChI is InChI=1S/C21H32N2O2/c1-6-23(18-9-7-8-15(2)14-18)20(25)17-12-10-16(11-13-17)19(24)22-21(3,4)5/h7-9,14,16-17H,6,10-13H2,1-5H3,(H,22,24). The molecule has 4 nitrogen and oxygen atoms in total. The highest BCUT2D eigenvalue weighted by Gasteiger charge is 2.33. The Bertz CT molecular complexity index is 611. The van der Waals surface area contributed by atoms with E-state index in [1.165, 1.54) is 0 Å². The minimum atomic E-state index is -0.200. The van der Waals surface area contributed by atoms with E-state index in [0.717, 1.165) is 36.9 Å². The van der Waals surface area contributed by atoms with Crippen molar-refractivity contribution in [2.24, 2.45) is 11.8 Å². The minimum Gasteiger partial charge on any atom is -0.351 e. The molecule has 4 heteroatoms. The van der Waals surface area contributed by atoms with Crippen molar-refractivity contribution in [1.82, 2.24) is 5.32 Å². The first-order chi connectivity index (χ1) is 11.7. The van der Waals surface area contributed by atoms with Crippen molar-refractivity contribution in [3.63, 3.8) is 0 Å². The van der Waals surface area contributed by atoms with Gasteiger partial charge in [-0.25, -0.2) is 0 Å². The summed E-state index contributed by atoms with van der Waals surface area (Å²) in [6.07, 6.45) is 3.18. The van der Waals surface area contributed by atoms with Gasteiger partial charge in [0.15, 0.2) is 0 Å². The van der Waals surface area contributed by atoms with Gasteiger partial charge < -0.3 is 10.2 Å². The summed E-state index contributed by atoms with van der Waals surface area (Å²) < 4.78 is 0. The fourth-order valence-electron chi connectivity index (χ4n) is 3.56. The topological polar surface area (TPSA) is 49.4 Å². The molecule has 1 aromatic carbocycles. The van der Waals surface area contributed by atoms with Gasteiger partial charge >= 0.3 is 0 Å². The van der Waals surface area contributed by atoms with Crippen molar-refractivity contribution < 1.29 is 9.59 Å². The SMILES string of the molecule is CCN(C(=O)C1CCC(C(=O)NC(C)(C)C)CC1)c1cccc(C)c1. The van der Waals surface area contributed by atoms with Gasteiger partial charge in [0.25, 0.3) is 0 Å². The molecule has 0 aromatic heterocycles. The van der Waals surface area contributed by atoms with Gasteiger partial charge in [-0.3, -0.25) is 9.59 Å². The summed E-state index contributed by atoms with van der Waals surface area (Å²) in [5, 5.41) is 3.06. The second-order valence-corrected chi connectivity index (χ2v) is 8.21. The zero-order chi connectivity index (χ0) is 18.6. The molecule has 0 spiro atoms. The Morgan fingerprint density at radius 2 is 1.72 bits per heavy atom. The van der Waals surface area contributed by atoms with Gasteiger partial charge in [-0.2, -0.15) is 0 Å². The Labute approximate surface area is 152 Å². The molecule has 138 valence electrons. The van der Waals surface area contributed by atoms with Crippen LogP contribution >= 0.6 is 0 Å². The van der Waals surface area contributed by atoms with E-state index in [4.69, 9.17) is 0 Å². The number of aryl methyl sites for hydroxylation is 1. The molecule has 0 heterocycles. The number of carbonyl (C=O) groups excluding carboxylic acids is 2. The number of hydrogen-bond donors (Lipinski definition) is 1. The molecule has 1 fully saturated rings. The number of nitrogens with one attached hydrogen (secondary N) is 1. The Balaban J connectivity index is 1.97. The average Bonchev–Trinajstić information content (AvgIpc) is 2.54. The summed E-state index contributed by atoms with van der Waals surface area (Å²) in [5.74, 6) is 0.392. The summed E-state index contributed by atoms with van der Waals surface area (Å²) >= 11 is 0. The number of nitrogens with zero attached hydrogens (tertiary/aromatic N) is 1. The van der Waals surface area contributed by atoms with Gasteiger partial charge in [0, 0.05) is 29.6 Å². The maximum Gasteiger partial charge on any atom is 0.230 e. The predicted octanol–water partition coefficient (Wildman–Crippen LogP) is 4.07. The van der Waals surface area contributed by atoms with Crippen LogP contribution in [0.4, 0.5) is 5.69 Å². The smallest absolute Gasteiger partial charge is 0.230 e. The molecule has 0 atom stereocenters. The van der Waals surface area contributed by atoms with Gasteiger partial charge in [0.1, 0.15) is 0 Å². The normalized spacial score (nSPS) is 20.8. The zero-order valence-corrected chi connectivity index (χ0v) is 16.3. The maximum absolute atomic E-state index is 13.0. The summed E-state index contributed by atoms with van der Waals surface area (Å²) in [4.78, 5) is 27.2. The number of rotatable bonds is 4. The lowest BCUT2D eigenvalue weighted by atomic mass is 9.80. The van der Waals surface area contributed by atoms with Crippen LogP contribution in [0.1, 0.15) is 58.9 Å². The van der Waals surface area contributed by atoms with E-state index in [-0.39, 0.29) is 29.2 Å². The van der Waals surface area contributed by atoms with Crippen LogP contribution in [-0.2, 0) is 9.59 Å². The van der Waals surface area contributed by atoms with Crippen LogP contribution in [0, 0.1) is 18.8 Å². The molecule has 1 N–H and O–H groups in total. The van der Waals surface area contributed by atoms with Crippen LogP contribution in [0.25, 0.3) is 0 Å². The Kier molecular flexibility index (Phi) is 6.26. The monoisotopic (exact) mass is 344 g/mol. The number of amides is 2. The lowest BCUT2D eigenvalue weighted by Gasteiger charge is -2.32. The molecule has 0 radical (unpaired) electrons. The molecule has 1 aromatic rings. The van der Waals surface area contributed by atoms with E-state index >= 15 is 0 Å². The van der Waals surface area contributed by atoms with Crippen molar-refractivity contribution >= 4 is 17.5 Å². The van der Waals surface area contributed by atoms with Gasteiger partial charge in [-0.05, 0) is 78.0 Å². The first kappa shape index (κ1) is 19.5. The quantitative estimate of drug-likeness (QED) is 0.895. The third-order valence-corrected chi connectivity index (χ3v) is 4.84. The van der Waals surface area contributed by atoms with Crippen molar-refractivity contribution in [2.45, 2.75) is 65.8 Å². The highest BCUT2D eigenvalue weighted by atomic mass is 16.2. The zero-order valence-electron chi connectivity index (χ0n) is 16.3. The molecule has 2 rings (SSSR count). The van der Waals surface area contributed by atoms with E-state index in [2.05, 4.69) is 11.4 Å². The molecule has 1 saturated carbocycles. The van der Waals surface area contributed by atoms with Crippen LogP contribution < -0.4 is 10.2 Å². The number of anilines is 1. The van der Waals surface area contributed by atoms with Crippen LogP contribution in [0.15, 0.2) is 24.3 Å². The molecule has 1 aliphatic rings. The molecule has 0 aliphatic heterocycles. The predicted molar refractivity (Wildman–Crippen MR) is 103 cm³/mol. The van der Waals surface area contributed by atoms with Crippen LogP contribution in [0.2, 0.25) is 0 Å². The molecule has 0 bridgehead atoms. The lowest BCUT2D eigenvalue weighted by molar-refractivity contribution is -0.130. The van der Waals surface area contributed by atoms with Gasteiger partial charge in [0.05, 0.1) is 0 Å². The van der Waals surface area contributed by atoms with Crippen molar-refractivity contribution in [3.05, 3.63) is 29.8 Å². The number of hydrogen-bond acceptors (Lipinski definition) is 2. The molecule has 0 unspecified atom stereocenters. The molecule has 25 heavy (non-hydrogen) atoms. The van der Waals surface area contributed by atoms with Crippen molar-refractivity contribution in [3.8, 4) is 0 Å². The summed E-state index contributed by atoms with van der Waals surface area (Å²) in [7, 11) is 0. The van der Waals surface area contributed by atoms with Crippen LogP contribution in [0.5, 0.6) is 0 Å². The third kappa shape index (κ3) is 5.32. The van der Waals surface area contributed by atoms with Gasteiger partial charge in [-0.15, -0.1) is 0 Å². The molecular formula is C21H32N2O2. The summed E-state index contributed by atoms with van der Waals surface area (Å²) in [5.41, 5.74) is 1.93. The molecule has 0 saturated heterocycles. The first-order valence-corrected chi connectivity index (χ1v) is 9.41. The van der Waals surface area contributed by atoms with E-state index in [0.29, 0.717) is 6.54 Å². The second kappa shape index (κ2) is 8.03. The number of benzene rings is 1. The summed E-state index contributed by atoms with van der Waals surface area (Å²) in [6.45, 7) is 10.7. The van der Waals surface area contributed by atoms with Crippen molar-refractivity contribution in [1.29, 1.82) is 0 Å². The Morgan fingerprint density at radius 3 is 2.24 bits per heavy atom. The molecule has 1 aliphatic carbocycles. The Morgan fingerprint density at radius 1 is 1.12 bits per heavy atom. The fourth-order valence-corrected chi connectivity index (χ4v) is 3.56. The van der Waals surface area contributed by atoms with E-state index in [1.807, 2.05) is 57.7 Å². The van der Waals surface area contributed by atoms with Gasteiger partial charge in [0.2, 0.25) is 11.8 Å². The second-order valence-electron chi connectivity index (χ2n) is 8.21. The summed E-state index contributed by atoms with van der Waals surface area (Å²) in [6, 6.07) is 8.09. The molecule has 2 amide bonds. The average molecular weight is 344 g/mol. The molecular weight excluding hydrogens is 312 g/mol. The third-order valence-electron chi connectivity index (χ3n) is 4.84. The Hall–Kier alpha value is -1.84. The maximum atomic E-state index is 13.0. The first-order valence-electron chi connectivity index (χ1n) is 9.41.